The highest BCUT2D eigenvalue weighted by Gasteiger charge is 2.07. The van der Waals surface area contributed by atoms with Gasteiger partial charge in [0.2, 0.25) is 0 Å². The van der Waals surface area contributed by atoms with E-state index in [1.54, 1.807) is 0 Å². The summed E-state index contributed by atoms with van der Waals surface area (Å²) in [6.07, 6.45) is 0. The van der Waals surface area contributed by atoms with Crippen LogP contribution in [0.2, 0.25) is 0 Å². The molecule has 0 aromatic heterocycles. The van der Waals surface area contributed by atoms with E-state index in [9.17, 15) is 0 Å². The molecule has 0 aliphatic rings. The number of nitrogens with zero attached hydrogens (tertiary/aromatic N) is 1. The summed E-state index contributed by atoms with van der Waals surface area (Å²) < 4.78 is 0. The summed E-state index contributed by atoms with van der Waals surface area (Å²) in [5.74, 6) is 1.07. The molecule has 0 saturated heterocycles. The Bertz CT molecular complexity index is 277. The Balaban J connectivity index is 2.28. The summed E-state index contributed by atoms with van der Waals surface area (Å²) in [5, 5.41) is 8.95. The van der Waals surface area contributed by atoms with Crippen LogP contribution in [0.3, 0.4) is 0 Å². The van der Waals surface area contributed by atoms with Gasteiger partial charge in [0.1, 0.15) is 0 Å². The Kier molecular flexibility index (Phi) is 6.53. The fraction of sp³-hybridized carbons (Fsp3) is 0.538. The number of aliphatic hydroxyl groups is 1. The molecule has 90 valence electrons. The average molecular weight is 239 g/mol. The predicted molar refractivity (Wildman–Crippen MR) is 71.0 cm³/mol. The monoisotopic (exact) mass is 239 g/mol. The Morgan fingerprint density at radius 2 is 1.88 bits per heavy atom. The SMILES string of the molecule is CC(C)N(CCO)CCSc1ccccc1. The van der Waals surface area contributed by atoms with Crippen molar-refractivity contribution >= 4 is 11.8 Å². The molecule has 1 rings (SSSR count). The molecule has 0 spiro atoms. The van der Waals surface area contributed by atoms with E-state index in [1.165, 1.54) is 4.90 Å². The Labute approximate surface area is 103 Å². The molecule has 0 fully saturated rings. The van der Waals surface area contributed by atoms with Crippen LogP contribution < -0.4 is 0 Å². The molecule has 0 amide bonds. The van der Waals surface area contributed by atoms with Crippen molar-refractivity contribution in [2.75, 3.05) is 25.4 Å². The molecule has 0 atom stereocenters. The summed E-state index contributed by atoms with van der Waals surface area (Å²) >= 11 is 1.87. The molecule has 0 saturated carbocycles. The first-order chi connectivity index (χ1) is 7.74. The van der Waals surface area contributed by atoms with Gasteiger partial charge in [-0.15, -0.1) is 11.8 Å². The number of hydrogen-bond acceptors (Lipinski definition) is 3. The van der Waals surface area contributed by atoms with Crippen molar-refractivity contribution in [2.45, 2.75) is 24.8 Å². The van der Waals surface area contributed by atoms with Crippen molar-refractivity contribution in [2.24, 2.45) is 0 Å². The van der Waals surface area contributed by atoms with Gasteiger partial charge >= 0.3 is 0 Å². The smallest absolute Gasteiger partial charge is 0.0558 e. The average Bonchev–Trinajstić information content (AvgIpc) is 2.29. The van der Waals surface area contributed by atoms with Crippen LogP contribution in [0.1, 0.15) is 13.8 Å². The molecule has 0 unspecified atom stereocenters. The van der Waals surface area contributed by atoms with Gasteiger partial charge in [0.25, 0.3) is 0 Å². The zero-order valence-corrected chi connectivity index (χ0v) is 10.9. The highest BCUT2D eigenvalue weighted by atomic mass is 32.2. The second-order valence-corrected chi connectivity index (χ2v) is 5.18. The molecule has 0 bridgehead atoms. The third kappa shape index (κ3) is 5.01. The molecular formula is C13H21NOS. The molecule has 0 aliphatic carbocycles. The summed E-state index contributed by atoms with van der Waals surface area (Å²) in [7, 11) is 0. The van der Waals surface area contributed by atoms with Crippen LogP contribution in [-0.4, -0.2) is 41.5 Å². The minimum atomic E-state index is 0.244. The fourth-order valence-electron chi connectivity index (χ4n) is 1.55. The maximum atomic E-state index is 8.95. The van der Waals surface area contributed by atoms with Crippen molar-refractivity contribution in [1.29, 1.82) is 0 Å². The zero-order valence-electron chi connectivity index (χ0n) is 10.1. The minimum Gasteiger partial charge on any atom is -0.395 e. The molecule has 0 heterocycles. The first-order valence-corrected chi connectivity index (χ1v) is 6.75. The molecule has 1 N–H and O–H groups in total. The lowest BCUT2D eigenvalue weighted by molar-refractivity contribution is 0.174. The van der Waals surface area contributed by atoms with Gasteiger partial charge in [-0.25, -0.2) is 0 Å². The van der Waals surface area contributed by atoms with Crippen LogP contribution in [0.15, 0.2) is 35.2 Å². The summed E-state index contributed by atoms with van der Waals surface area (Å²) in [6.45, 7) is 6.38. The van der Waals surface area contributed by atoms with Gasteiger partial charge < -0.3 is 5.11 Å². The van der Waals surface area contributed by atoms with Gasteiger partial charge in [-0.3, -0.25) is 4.90 Å². The fourth-order valence-corrected chi connectivity index (χ4v) is 2.47. The summed E-state index contributed by atoms with van der Waals surface area (Å²) in [5.41, 5.74) is 0. The second kappa shape index (κ2) is 7.71. The van der Waals surface area contributed by atoms with Gasteiger partial charge in [-0.1, -0.05) is 18.2 Å². The second-order valence-electron chi connectivity index (χ2n) is 4.01. The van der Waals surface area contributed by atoms with E-state index in [2.05, 4.69) is 43.0 Å². The summed E-state index contributed by atoms with van der Waals surface area (Å²) in [6, 6.07) is 10.9. The lowest BCUT2D eigenvalue weighted by Crippen LogP contribution is -2.35. The van der Waals surface area contributed by atoms with Crippen LogP contribution in [0.5, 0.6) is 0 Å². The standard InChI is InChI=1S/C13H21NOS/c1-12(2)14(8-10-15)9-11-16-13-6-4-3-5-7-13/h3-7,12,15H,8-11H2,1-2H3. The Hall–Kier alpha value is -0.510. The minimum absolute atomic E-state index is 0.244. The highest BCUT2D eigenvalue weighted by molar-refractivity contribution is 7.99. The van der Waals surface area contributed by atoms with Crippen molar-refractivity contribution < 1.29 is 5.11 Å². The lowest BCUT2D eigenvalue weighted by atomic mass is 10.3. The van der Waals surface area contributed by atoms with Gasteiger partial charge in [0.15, 0.2) is 0 Å². The highest BCUT2D eigenvalue weighted by Crippen LogP contribution is 2.17. The molecule has 1 aromatic rings. The topological polar surface area (TPSA) is 23.5 Å². The van der Waals surface area contributed by atoms with Gasteiger partial charge in [0.05, 0.1) is 6.61 Å². The van der Waals surface area contributed by atoms with Crippen molar-refractivity contribution in [3.63, 3.8) is 0 Å². The normalized spacial score (nSPS) is 11.3. The maximum absolute atomic E-state index is 8.95. The number of rotatable bonds is 7. The van der Waals surface area contributed by atoms with Crippen molar-refractivity contribution in [3.05, 3.63) is 30.3 Å². The van der Waals surface area contributed by atoms with Crippen molar-refractivity contribution in [3.8, 4) is 0 Å². The lowest BCUT2D eigenvalue weighted by Gasteiger charge is -2.25. The van der Waals surface area contributed by atoms with E-state index >= 15 is 0 Å². The molecular weight excluding hydrogens is 218 g/mol. The zero-order chi connectivity index (χ0) is 11.8. The van der Waals surface area contributed by atoms with Gasteiger partial charge in [-0.05, 0) is 26.0 Å². The van der Waals surface area contributed by atoms with Crippen LogP contribution >= 0.6 is 11.8 Å². The molecule has 3 heteroatoms. The van der Waals surface area contributed by atoms with E-state index in [0.29, 0.717) is 6.04 Å². The van der Waals surface area contributed by atoms with Gasteiger partial charge in [0, 0.05) is 29.8 Å². The molecule has 2 nitrogen and oxygen atoms in total. The number of aliphatic hydroxyl groups excluding tert-OH is 1. The first-order valence-electron chi connectivity index (χ1n) is 5.77. The number of benzene rings is 1. The van der Waals surface area contributed by atoms with Crippen LogP contribution in [0.25, 0.3) is 0 Å². The van der Waals surface area contributed by atoms with Crippen LogP contribution in [-0.2, 0) is 0 Å². The molecule has 16 heavy (non-hydrogen) atoms. The van der Waals surface area contributed by atoms with E-state index in [1.807, 2.05) is 17.8 Å². The van der Waals surface area contributed by atoms with Crippen molar-refractivity contribution in [1.82, 2.24) is 4.90 Å². The first kappa shape index (κ1) is 13.6. The molecule has 0 aliphatic heterocycles. The van der Waals surface area contributed by atoms with E-state index in [0.717, 1.165) is 18.8 Å². The van der Waals surface area contributed by atoms with E-state index in [4.69, 9.17) is 5.11 Å². The molecule has 0 radical (unpaired) electrons. The quantitative estimate of drug-likeness (QED) is 0.740. The van der Waals surface area contributed by atoms with Crippen LogP contribution in [0.4, 0.5) is 0 Å². The van der Waals surface area contributed by atoms with Crippen LogP contribution in [0, 0.1) is 0 Å². The predicted octanol–water partition coefficient (Wildman–Crippen LogP) is 2.48. The molecule has 1 aromatic carbocycles. The Morgan fingerprint density at radius 3 is 2.44 bits per heavy atom. The Morgan fingerprint density at radius 1 is 1.19 bits per heavy atom. The number of hydrogen-bond donors (Lipinski definition) is 1. The van der Waals surface area contributed by atoms with Gasteiger partial charge in [-0.2, -0.15) is 0 Å². The third-order valence-electron chi connectivity index (χ3n) is 2.51. The largest absolute Gasteiger partial charge is 0.395 e. The van der Waals surface area contributed by atoms with E-state index < -0.39 is 0 Å². The maximum Gasteiger partial charge on any atom is 0.0558 e. The third-order valence-corrected chi connectivity index (χ3v) is 3.50. The summed E-state index contributed by atoms with van der Waals surface area (Å²) in [4.78, 5) is 3.62. The van der Waals surface area contributed by atoms with E-state index in [-0.39, 0.29) is 6.61 Å². The number of thioether (sulfide) groups is 1.